The van der Waals surface area contributed by atoms with E-state index >= 15 is 0 Å². The Kier molecular flexibility index (Phi) is 9.03. The summed E-state index contributed by atoms with van der Waals surface area (Å²) in [4.78, 5) is 11.0. The Morgan fingerprint density at radius 1 is 0.920 bits per heavy atom. The summed E-state index contributed by atoms with van der Waals surface area (Å²) in [5, 5.41) is 0. The van der Waals surface area contributed by atoms with E-state index in [4.69, 9.17) is 4.74 Å². The molecule has 25 heavy (non-hydrogen) atoms. The maximum absolute atomic E-state index is 11.0. The van der Waals surface area contributed by atoms with Crippen molar-refractivity contribution in [3.8, 4) is 0 Å². The summed E-state index contributed by atoms with van der Waals surface area (Å²) in [6, 6.07) is 9.05. The highest BCUT2D eigenvalue weighted by Crippen LogP contribution is 2.31. The van der Waals surface area contributed by atoms with Gasteiger partial charge in [-0.25, -0.2) is 0 Å². The van der Waals surface area contributed by atoms with E-state index in [1.807, 2.05) is 0 Å². The van der Waals surface area contributed by atoms with Crippen molar-refractivity contribution in [2.75, 3.05) is 7.11 Å². The average molecular weight is 347 g/mol. The van der Waals surface area contributed by atoms with Gasteiger partial charge in [0.15, 0.2) is 0 Å². The normalized spacial score (nSPS) is 19.0. The van der Waals surface area contributed by atoms with Crippen LogP contribution in [-0.4, -0.2) is 25.3 Å². The fourth-order valence-electron chi connectivity index (χ4n) is 3.35. The second-order valence-electron chi connectivity index (χ2n) is 7.20. The molecule has 0 radical (unpaired) electrons. The quantitative estimate of drug-likeness (QED) is 0.278. The van der Waals surface area contributed by atoms with Gasteiger partial charge in [-0.3, -0.25) is 4.79 Å². The molecular weight excluding hydrogens is 312 g/mol. The number of ether oxygens (including phenoxy) is 2. The lowest BCUT2D eigenvalue weighted by molar-refractivity contribution is -0.140. The Bertz CT molecular complexity index is 494. The van der Waals surface area contributed by atoms with Crippen molar-refractivity contribution in [1.82, 2.24) is 0 Å². The topological polar surface area (TPSA) is 38.8 Å². The molecule has 0 spiro atoms. The molecule has 3 nitrogen and oxygen atoms in total. The molecule has 2 atom stereocenters. The van der Waals surface area contributed by atoms with E-state index < -0.39 is 0 Å². The van der Waals surface area contributed by atoms with Crippen LogP contribution < -0.4 is 0 Å². The number of methoxy groups -OCH3 is 1. The molecule has 1 aliphatic rings. The van der Waals surface area contributed by atoms with Crippen LogP contribution in [0.15, 0.2) is 24.3 Å². The fourth-order valence-corrected chi connectivity index (χ4v) is 3.35. The van der Waals surface area contributed by atoms with Crippen LogP contribution in [0.1, 0.15) is 75.8 Å². The summed E-state index contributed by atoms with van der Waals surface area (Å²) in [6.07, 6.45) is 13.3. The predicted molar refractivity (Wildman–Crippen MR) is 102 cm³/mol. The molecule has 1 saturated heterocycles. The van der Waals surface area contributed by atoms with E-state index in [2.05, 4.69) is 35.9 Å². The van der Waals surface area contributed by atoms with Crippen LogP contribution in [0.5, 0.6) is 0 Å². The van der Waals surface area contributed by atoms with Gasteiger partial charge in [-0.15, -0.1) is 0 Å². The minimum atomic E-state index is -0.0994. The molecule has 0 bridgehead atoms. The smallest absolute Gasteiger partial charge is 0.305 e. The predicted octanol–water partition coefficient (Wildman–Crippen LogP) is 5.24. The van der Waals surface area contributed by atoms with Crippen LogP contribution in [0.4, 0.5) is 0 Å². The van der Waals surface area contributed by atoms with Gasteiger partial charge in [0.2, 0.25) is 0 Å². The minimum absolute atomic E-state index is 0.0994. The number of carbonyl (C=O) groups is 1. The Morgan fingerprint density at radius 2 is 1.52 bits per heavy atom. The molecule has 2 unspecified atom stereocenters. The third-order valence-electron chi connectivity index (χ3n) is 5.08. The van der Waals surface area contributed by atoms with Gasteiger partial charge >= 0.3 is 5.97 Å². The molecule has 0 aliphatic carbocycles. The van der Waals surface area contributed by atoms with Crippen molar-refractivity contribution in [2.24, 2.45) is 0 Å². The molecule has 1 heterocycles. The van der Waals surface area contributed by atoms with Crippen LogP contribution in [0, 0.1) is 0 Å². The number of benzene rings is 1. The summed E-state index contributed by atoms with van der Waals surface area (Å²) in [5.74, 6) is -0.0994. The van der Waals surface area contributed by atoms with Crippen LogP contribution >= 0.6 is 0 Å². The molecule has 1 aromatic rings. The average Bonchev–Trinajstić information content (AvgIpc) is 3.39. The van der Waals surface area contributed by atoms with Gasteiger partial charge in [0.1, 0.15) is 0 Å². The maximum Gasteiger partial charge on any atom is 0.305 e. The first-order valence-corrected chi connectivity index (χ1v) is 10.0. The van der Waals surface area contributed by atoms with E-state index in [1.165, 1.54) is 50.3 Å². The molecule has 3 heteroatoms. The summed E-state index contributed by atoms with van der Waals surface area (Å²) in [5.41, 5.74) is 2.83. The Balaban J connectivity index is 1.53. The van der Waals surface area contributed by atoms with Gasteiger partial charge in [0.05, 0.1) is 19.3 Å². The summed E-state index contributed by atoms with van der Waals surface area (Å²) in [7, 11) is 1.45. The van der Waals surface area contributed by atoms with E-state index in [0.717, 1.165) is 32.1 Å². The second-order valence-corrected chi connectivity index (χ2v) is 7.20. The van der Waals surface area contributed by atoms with Crippen LogP contribution in [-0.2, 0) is 27.1 Å². The molecule has 0 aromatic heterocycles. The van der Waals surface area contributed by atoms with E-state index in [0.29, 0.717) is 18.6 Å². The van der Waals surface area contributed by atoms with Crippen molar-refractivity contribution in [1.29, 1.82) is 0 Å². The van der Waals surface area contributed by atoms with Crippen LogP contribution in [0.3, 0.4) is 0 Å². The van der Waals surface area contributed by atoms with Crippen molar-refractivity contribution < 1.29 is 14.3 Å². The lowest BCUT2D eigenvalue weighted by Gasteiger charge is -2.05. The Hall–Kier alpha value is -1.35. The monoisotopic (exact) mass is 346 g/mol. The van der Waals surface area contributed by atoms with E-state index in [9.17, 15) is 4.79 Å². The number of hydrogen-bond donors (Lipinski definition) is 0. The highest BCUT2D eigenvalue weighted by Gasteiger charge is 2.36. The minimum Gasteiger partial charge on any atom is -0.469 e. The number of hydrogen-bond acceptors (Lipinski definition) is 3. The number of aryl methyl sites for hydroxylation is 2. The first-order valence-electron chi connectivity index (χ1n) is 10.0. The van der Waals surface area contributed by atoms with E-state index in [-0.39, 0.29) is 5.97 Å². The van der Waals surface area contributed by atoms with E-state index in [1.54, 1.807) is 0 Å². The third-order valence-corrected chi connectivity index (χ3v) is 5.08. The van der Waals surface area contributed by atoms with Crippen LogP contribution in [0.25, 0.3) is 0 Å². The van der Waals surface area contributed by atoms with Crippen LogP contribution in [0.2, 0.25) is 0 Å². The summed E-state index contributed by atoms with van der Waals surface area (Å²) in [6.45, 7) is 2.24. The van der Waals surface area contributed by atoms with Crippen molar-refractivity contribution >= 4 is 5.97 Å². The number of epoxide rings is 1. The van der Waals surface area contributed by atoms with Gasteiger partial charge < -0.3 is 9.47 Å². The van der Waals surface area contributed by atoms with Crippen molar-refractivity contribution in [3.63, 3.8) is 0 Å². The SMILES string of the molecule is CCCCC1OC1CCCc1ccc(CCCCCC(=O)OC)cc1. The van der Waals surface area contributed by atoms with Crippen molar-refractivity contribution in [3.05, 3.63) is 35.4 Å². The van der Waals surface area contributed by atoms with Gasteiger partial charge in [-0.2, -0.15) is 0 Å². The lowest BCUT2D eigenvalue weighted by atomic mass is 10.0. The molecule has 0 N–H and O–H groups in total. The number of unbranched alkanes of at least 4 members (excludes halogenated alkanes) is 3. The highest BCUT2D eigenvalue weighted by atomic mass is 16.6. The molecular formula is C22H34O3. The lowest BCUT2D eigenvalue weighted by Crippen LogP contribution is -1.99. The molecule has 140 valence electrons. The van der Waals surface area contributed by atoms with Gasteiger partial charge in [0.25, 0.3) is 0 Å². The summed E-state index contributed by atoms with van der Waals surface area (Å²) < 4.78 is 10.4. The maximum atomic E-state index is 11.0. The van der Waals surface area contributed by atoms with Gasteiger partial charge in [0, 0.05) is 6.42 Å². The zero-order valence-electron chi connectivity index (χ0n) is 16.0. The zero-order valence-corrected chi connectivity index (χ0v) is 16.0. The second kappa shape index (κ2) is 11.3. The standard InChI is InChI=1S/C22H34O3/c1-3-4-11-20-21(25-20)12-8-10-19-16-14-18(15-17-19)9-6-5-7-13-22(23)24-2/h14-17,20-21H,3-13H2,1-2H3. The van der Waals surface area contributed by atoms with Gasteiger partial charge in [-0.05, 0) is 56.1 Å². The highest BCUT2D eigenvalue weighted by molar-refractivity contribution is 5.68. The van der Waals surface area contributed by atoms with Gasteiger partial charge in [-0.1, -0.05) is 50.5 Å². The fraction of sp³-hybridized carbons (Fsp3) is 0.682. The molecule has 1 fully saturated rings. The summed E-state index contributed by atoms with van der Waals surface area (Å²) >= 11 is 0. The molecule has 1 aliphatic heterocycles. The Labute approximate surface area is 153 Å². The zero-order chi connectivity index (χ0) is 17.9. The molecule has 2 rings (SSSR count). The largest absolute Gasteiger partial charge is 0.469 e. The third kappa shape index (κ3) is 8.04. The number of rotatable bonds is 13. The first-order chi connectivity index (χ1) is 12.2. The molecule has 1 aromatic carbocycles. The first kappa shape index (κ1) is 20.0. The number of esters is 1. The number of carbonyl (C=O) groups excluding carboxylic acids is 1. The molecule has 0 saturated carbocycles. The Morgan fingerprint density at radius 3 is 2.12 bits per heavy atom. The molecule has 0 amide bonds. The van der Waals surface area contributed by atoms with Crippen molar-refractivity contribution in [2.45, 2.75) is 89.8 Å².